The van der Waals surface area contributed by atoms with E-state index in [4.69, 9.17) is 0 Å². The van der Waals surface area contributed by atoms with Gasteiger partial charge in [0.1, 0.15) is 6.04 Å². The maximum atomic E-state index is 11.9. The van der Waals surface area contributed by atoms with Crippen molar-refractivity contribution in [3.05, 3.63) is 66.0 Å². The molecule has 0 aliphatic carbocycles. The Labute approximate surface area is 123 Å². The van der Waals surface area contributed by atoms with Crippen molar-refractivity contribution in [1.29, 1.82) is 0 Å². The maximum absolute atomic E-state index is 11.9. The predicted octanol–water partition coefficient (Wildman–Crippen LogP) is 1.52. The molecule has 0 saturated carbocycles. The van der Waals surface area contributed by atoms with Crippen LogP contribution in [0.1, 0.15) is 23.0 Å². The third kappa shape index (κ3) is 4.42. The fourth-order valence-corrected chi connectivity index (χ4v) is 1.77. The zero-order valence-corrected chi connectivity index (χ0v) is 11.7. The molecule has 0 spiro atoms. The Bertz CT molecular complexity index is 599. The van der Waals surface area contributed by atoms with Gasteiger partial charge in [0.25, 0.3) is 5.91 Å². The Morgan fingerprint density at radius 2 is 1.81 bits per heavy atom. The minimum atomic E-state index is -0.610. The number of pyridine rings is 1. The first-order valence-electron chi connectivity index (χ1n) is 6.70. The molecule has 5 heteroatoms. The van der Waals surface area contributed by atoms with Crippen LogP contribution in [0.15, 0.2) is 54.7 Å². The molecule has 1 aromatic heterocycles. The average Bonchev–Trinajstić information content (AvgIpc) is 2.54. The van der Waals surface area contributed by atoms with Crippen LogP contribution in [0.2, 0.25) is 0 Å². The molecule has 1 unspecified atom stereocenters. The van der Waals surface area contributed by atoms with Gasteiger partial charge in [-0.2, -0.15) is 0 Å². The first-order valence-corrected chi connectivity index (χ1v) is 6.70. The van der Waals surface area contributed by atoms with Crippen LogP contribution in [-0.4, -0.2) is 22.8 Å². The molecule has 2 amide bonds. The molecule has 0 radical (unpaired) electrons. The molecule has 0 fully saturated rings. The molecule has 0 saturated heterocycles. The highest BCUT2D eigenvalue weighted by Gasteiger charge is 2.16. The van der Waals surface area contributed by atoms with Gasteiger partial charge in [-0.3, -0.25) is 14.6 Å². The lowest BCUT2D eigenvalue weighted by Crippen LogP contribution is -2.44. The number of benzene rings is 1. The van der Waals surface area contributed by atoms with Gasteiger partial charge < -0.3 is 10.6 Å². The summed E-state index contributed by atoms with van der Waals surface area (Å²) >= 11 is 0. The average molecular weight is 283 g/mol. The highest BCUT2D eigenvalue weighted by molar-refractivity contribution is 5.97. The predicted molar refractivity (Wildman–Crippen MR) is 79.5 cm³/mol. The minimum absolute atomic E-state index is 0.245. The van der Waals surface area contributed by atoms with Crippen LogP contribution in [0.4, 0.5) is 0 Å². The normalized spacial score (nSPS) is 11.5. The van der Waals surface area contributed by atoms with Crippen LogP contribution in [0.5, 0.6) is 0 Å². The van der Waals surface area contributed by atoms with Crippen molar-refractivity contribution >= 4 is 11.8 Å². The first-order chi connectivity index (χ1) is 10.2. The van der Waals surface area contributed by atoms with E-state index < -0.39 is 6.04 Å². The summed E-state index contributed by atoms with van der Waals surface area (Å²) in [6.45, 7) is 1.99. The number of rotatable bonds is 5. The van der Waals surface area contributed by atoms with Crippen LogP contribution in [-0.2, 0) is 11.3 Å². The fourth-order valence-electron chi connectivity index (χ4n) is 1.77. The van der Waals surface area contributed by atoms with E-state index in [1.807, 2.05) is 24.3 Å². The number of hydrogen-bond donors (Lipinski definition) is 2. The number of carbonyl (C=O) groups is 2. The SMILES string of the molecule is CC(NC(=O)c1ccccc1)C(=O)NCc1ccccn1. The van der Waals surface area contributed by atoms with Crippen LogP contribution in [0.3, 0.4) is 0 Å². The Morgan fingerprint density at radius 3 is 2.48 bits per heavy atom. The van der Waals surface area contributed by atoms with E-state index in [9.17, 15) is 9.59 Å². The third-order valence-corrected chi connectivity index (χ3v) is 2.95. The Hall–Kier alpha value is -2.69. The van der Waals surface area contributed by atoms with E-state index in [1.165, 1.54) is 0 Å². The third-order valence-electron chi connectivity index (χ3n) is 2.95. The molecule has 1 atom stereocenters. The summed E-state index contributed by atoms with van der Waals surface area (Å²) in [5.74, 6) is -0.513. The van der Waals surface area contributed by atoms with Crippen LogP contribution >= 0.6 is 0 Å². The van der Waals surface area contributed by atoms with E-state index in [0.717, 1.165) is 5.69 Å². The highest BCUT2D eigenvalue weighted by atomic mass is 16.2. The number of hydrogen-bond acceptors (Lipinski definition) is 3. The van der Waals surface area contributed by atoms with Gasteiger partial charge in [0.05, 0.1) is 12.2 Å². The number of amides is 2. The Balaban J connectivity index is 1.84. The summed E-state index contributed by atoms with van der Waals surface area (Å²) in [5, 5.41) is 5.40. The maximum Gasteiger partial charge on any atom is 0.251 e. The molecule has 0 bridgehead atoms. The monoisotopic (exact) mass is 283 g/mol. The lowest BCUT2D eigenvalue weighted by atomic mass is 10.2. The van der Waals surface area contributed by atoms with Gasteiger partial charge in [0.15, 0.2) is 0 Å². The summed E-state index contributed by atoms with van der Waals surface area (Å²) in [5.41, 5.74) is 1.30. The number of carbonyl (C=O) groups excluding carboxylic acids is 2. The molecule has 5 nitrogen and oxygen atoms in total. The summed E-state index contributed by atoms with van der Waals surface area (Å²) in [4.78, 5) is 28.0. The molecule has 1 aromatic carbocycles. The van der Waals surface area contributed by atoms with Crippen molar-refractivity contribution in [2.45, 2.75) is 19.5 Å². The quantitative estimate of drug-likeness (QED) is 0.874. The zero-order valence-electron chi connectivity index (χ0n) is 11.7. The smallest absolute Gasteiger partial charge is 0.251 e. The Morgan fingerprint density at radius 1 is 1.10 bits per heavy atom. The molecule has 1 heterocycles. The van der Waals surface area contributed by atoms with Crippen LogP contribution < -0.4 is 10.6 Å². The molecular weight excluding hydrogens is 266 g/mol. The van der Waals surface area contributed by atoms with E-state index in [1.54, 1.807) is 37.4 Å². The van der Waals surface area contributed by atoms with Crippen molar-refractivity contribution in [3.8, 4) is 0 Å². The lowest BCUT2D eigenvalue weighted by molar-refractivity contribution is -0.122. The van der Waals surface area contributed by atoms with Gasteiger partial charge in [-0.05, 0) is 31.2 Å². The van der Waals surface area contributed by atoms with Gasteiger partial charge in [0.2, 0.25) is 5.91 Å². The first kappa shape index (κ1) is 14.7. The highest BCUT2D eigenvalue weighted by Crippen LogP contribution is 1.99. The number of aromatic nitrogens is 1. The summed E-state index contributed by atoms with van der Waals surface area (Å²) < 4.78 is 0. The molecular formula is C16H17N3O2. The molecule has 2 rings (SSSR count). The Kier molecular flexibility index (Phi) is 5.04. The van der Waals surface area contributed by atoms with Crippen LogP contribution in [0, 0.1) is 0 Å². The second kappa shape index (κ2) is 7.19. The van der Waals surface area contributed by atoms with Crippen molar-refractivity contribution in [3.63, 3.8) is 0 Å². The zero-order chi connectivity index (χ0) is 15.1. The molecule has 2 N–H and O–H groups in total. The molecule has 0 aliphatic rings. The van der Waals surface area contributed by atoms with E-state index >= 15 is 0 Å². The standard InChI is InChI=1S/C16H17N3O2/c1-12(19-16(21)13-7-3-2-4-8-13)15(20)18-11-14-9-5-6-10-17-14/h2-10,12H,11H2,1H3,(H,18,20)(H,19,21). The van der Waals surface area contributed by atoms with Crippen molar-refractivity contribution in [2.24, 2.45) is 0 Å². The fraction of sp³-hybridized carbons (Fsp3) is 0.188. The van der Waals surface area contributed by atoms with Crippen molar-refractivity contribution in [2.75, 3.05) is 0 Å². The van der Waals surface area contributed by atoms with Crippen molar-refractivity contribution in [1.82, 2.24) is 15.6 Å². The number of nitrogens with one attached hydrogen (secondary N) is 2. The van der Waals surface area contributed by atoms with E-state index in [-0.39, 0.29) is 11.8 Å². The topological polar surface area (TPSA) is 71.1 Å². The van der Waals surface area contributed by atoms with Gasteiger partial charge in [-0.1, -0.05) is 24.3 Å². The van der Waals surface area contributed by atoms with Gasteiger partial charge in [-0.25, -0.2) is 0 Å². The second-order valence-corrected chi connectivity index (χ2v) is 4.60. The lowest BCUT2D eigenvalue weighted by Gasteiger charge is -2.14. The summed E-state index contributed by atoms with van der Waals surface area (Å²) in [6, 6.07) is 13.7. The van der Waals surface area contributed by atoms with Gasteiger partial charge in [-0.15, -0.1) is 0 Å². The summed E-state index contributed by atoms with van der Waals surface area (Å²) in [7, 11) is 0. The summed E-state index contributed by atoms with van der Waals surface area (Å²) in [6.07, 6.45) is 1.67. The largest absolute Gasteiger partial charge is 0.349 e. The molecule has 2 aromatic rings. The minimum Gasteiger partial charge on any atom is -0.349 e. The molecule has 21 heavy (non-hydrogen) atoms. The van der Waals surface area contributed by atoms with Crippen molar-refractivity contribution < 1.29 is 9.59 Å². The molecule has 108 valence electrons. The van der Waals surface area contributed by atoms with Gasteiger partial charge in [0, 0.05) is 11.8 Å². The van der Waals surface area contributed by atoms with Gasteiger partial charge >= 0.3 is 0 Å². The second-order valence-electron chi connectivity index (χ2n) is 4.60. The number of nitrogens with zero attached hydrogens (tertiary/aromatic N) is 1. The van der Waals surface area contributed by atoms with E-state index in [2.05, 4.69) is 15.6 Å². The molecule has 0 aliphatic heterocycles. The van der Waals surface area contributed by atoms with E-state index in [0.29, 0.717) is 12.1 Å². The van der Waals surface area contributed by atoms with Crippen LogP contribution in [0.25, 0.3) is 0 Å².